The minimum Gasteiger partial charge on any atom is -0.300 e. The zero-order valence-corrected chi connectivity index (χ0v) is 5.14. The van der Waals surface area contributed by atoms with Gasteiger partial charge in [0.2, 0.25) is 0 Å². The van der Waals surface area contributed by atoms with E-state index in [0.29, 0.717) is 6.61 Å². The summed E-state index contributed by atoms with van der Waals surface area (Å²) < 4.78 is 4.66. The predicted octanol–water partition coefficient (Wildman–Crippen LogP) is -0.108. The molecule has 0 rings (SSSR count). The van der Waals surface area contributed by atoms with Crippen LogP contribution in [-0.4, -0.2) is 6.61 Å². The zero-order valence-electron chi connectivity index (χ0n) is 3.51. The van der Waals surface area contributed by atoms with Crippen LogP contribution >= 0.6 is 0 Å². The molecule has 4 heteroatoms. The minimum absolute atomic E-state index is 0.614. The molecule has 0 saturated heterocycles. The number of hydrogen-bond acceptors (Lipinski definition) is 2. The maximum absolute atomic E-state index is 5.02. The van der Waals surface area contributed by atoms with Crippen LogP contribution in [0.2, 0.25) is 0 Å². The summed E-state index contributed by atoms with van der Waals surface area (Å²) in [6.45, 7) is 2.47. The van der Waals surface area contributed by atoms with Crippen molar-refractivity contribution in [2.24, 2.45) is 5.14 Å². The Labute approximate surface area is 44.6 Å². The first kappa shape index (κ1) is 6.49. The molecule has 2 nitrogen and oxygen atoms in total. The molecular formula is C2H7NOS2. The average molecular weight is 125 g/mol. The highest BCUT2D eigenvalue weighted by Gasteiger charge is 1.74. The van der Waals surface area contributed by atoms with Gasteiger partial charge in [0.15, 0.2) is 0 Å². The molecule has 0 bridgehead atoms. The first-order valence-corrected chi connectivity index (χ1v) is 3.70. The standard InChI is InChI=1S/C2H7NOS2/c1-2-4-6(3)5/h2-3H2,1H3. The highest BCUT2D eigenvalue weighted by molar-refractivity contribution is 8.24. The number of hydrogen-bond donors (Lipinski definition) is 1. The lowest BCUT2D eigenvalue weighted by atomic mass is 10.9. The van der Waals surface area contributed by atoms with Crippen LogP contribution < -0.4 is 5.14 Å². The summed E-state index contributed by atoms with van der Waals surface area (Å²) >= 11 is 4.46. The molecule has 1 atom stereocenters. The Balaban J connectivity index is 2.83. The summed E-state index contributed by atoms with van der Waals surface area (Å²) in [7, 11) is -0.732. The van der Waals surface area contributed by atoms with E-state index in [0.717, 1.165) is 0 Å². The third-order valence-electron chi connectivity index (χ3n) is 0.234. The van der Waals surface area contributed by atoms with Crippen molar-refractivity contribution in [3.05, 3.63) is 0 Å². The van der Waals surface area contributed by atoms with E-state index in [2.05, 4.69) is 15.4 Å². The Morgan fingerprint density at radius 2 is 2.50 bits per heavy atom. The van der Waals surface area contributed by atoms with Crippen LogP contribution in [0.1, 0.15) is 6.92 Å². The second-order valence-corrected chi connectivity index (χ2v) is 2.41. The van der Waals surface area contributed by atoms with E-state index >= 15 is 0 Å². The van der Waals surface area contributed by atoms with Crippen LogP contribution in [0.4, 0.5) is 0 Å². The molecule has 0 spiro atoms. The first-order chi connectivity index (χ1) is 2.77. The van der Waals surface area contributed by atoms with Crippen molar-refractivity contribution in [3.63, 3.8) is 0 Å². The molecule has 38 valence electrons. The van der Waals surface area contributed by atoms with Gasteiger partial charge in [0, 0.05) is 0 Å². The monoisotopic (exact) mass is 125 g/mol. The van der Waals surface area contributed by atoms with E-state index in [1.165, 1.54) is 0 Å². The topological polar surface area (TPSA) is 35.2 Å². The lowest BCUT2D eigenvalue weighted by Gasteiger charge is -1.90. The van der Waals surface area contributed by atoms with Crippen molar-refractivity contribution >= 4 is 21.1 Å². The van der Waals surface area contributed by atoms with E-state index in [1.54, 1.807) is 0 Å². The van der Waals surface area contributed by atoms with Gasteiger partial charge in [-0.25, -0.2) is 0 Å². The first-order valence-electron chi connectivity index (χ1n) is 1.56. The lowest BCUT2D eigenvalue weighted by Crippen LogP contribution is -2.04. The molecule has 0 aromatic heterocycles. The van der Waals surface area contributed by atoms with Gasteiger partial charge in [-0.1, -0.05) is 0 Å². The SMILES string of the molecule is CCOS(N)=S. The van der Waals surface area contributed by atoms with Gasteiger partial charge in [-0.2, -0.15) is 0 Å². The molecule has 0 fully saturated rings. The Hall–Kier alpha value is 0.490. The van der Waals surface area contributed by atoms with Crippen molar-refractivity contribution in [2.45, 2.75) is 6.92 Å². The molecule has 0 aliphatic rings. The molecule has 0 saturated carbocycles. The third kappa shape index (κ3) is 4.49. The Morgan fingerprint density at radius 3 is 2.50 bits per heavy atom. The molecule has 1 unspecified atom stereocenters. The molecule has 0 aliphatic carbocycles. The van der Waals surface area contributed by atoms with E-state index < -0.39 is 9.92 Å². The van der Waals surface area contributed by atoms with E-state index in [1.807, 2.05) is 6.92 Å². The van der Waals surface area contributed by atoms with Gasteiger partial charge in [-0.05, 0) is 18.1 Å². The fraction of sp³-hybridized carbons (Fsp3) is 1.00. The van der Waals surface area contributed by atoms with Gasteiger partial charge in [-0.3, -0.25) is 5.14 Å². The number of rotatable bonds is 2. The second-order valence-electron chi connectivity index (χ2n) is 0.667. The largest absolute Gasteiger partial charge is 0.300 e. The zero-order chi connectivity index (χ0) is 4.99. The summed E-state index contributed by atoms with van der Waals surface area (Å²) in [5, 5.41) is 5.02. The van der Waals surface area contributed by atoms with Gasteiger partial charge in [0.05, 0.1) is 16.5 Å². The Morgan fingerprint density at radius 1 is 2.00 bits per heavy atom. The molecule has 0 aromatic carbocycles. The molecule has 0 heterocycles. The highest BCUT2D eigenvalue weighted by Crippen LogP contribution is 1.70. The van der Waals surface area contributed by atoms with Crippen molar-refractivity contribution in [2.75, 3.05) is 6.61 Å². The van der Waals surface area contributed by atoms with Crippen LogP contribution in [0.15, 0.2) is 0 Å². The predicted molar refractivity (Wildman–Crippen MR) is 30.5 cm³/mol. The molecule has 2 N–H and O–H groups in total. The average Bonchev–Trinajstić information content (AvgIpc) is 1.35. The minimum atomic E-state index is -0.732. The summed E-state index contributed by atoms with van der Waals surface area (Å²) in [6, 6.07) is 0. The Kier molecular flexibility index (Phi) is 3.97. The van der Waals surface area contributed by atoms with Crippen LogP contribution in [0.25, 0.3) is 0 Å². The maximum Gasteiger partial charge on any atom is 0.0779 e. The molecular weight excluding hydrogens is 118 g/mol. The highest BCUT2D eigenvalue weighted by atomic mass is 32.8. The summed E-state index contributed by atoms with van der Waals surface area (Å²) in [5.74, 6) is 0. The maximum atomic E-state index is 5.02. The summed E-state index contributed by atoms with van der Waals surface area (Å²) in [5.41, 5.74) is 0. The quantitative estimate of drug-likeness (QED) is 0.559. The lowest BCUT2D eigenvalue weighted by molar-refractivity contribution is 0.397. The van der Waals surface area contributed by atoms with Gasteiger partial charge in [0.25, 0.3) is 0 Å². The van der Waals surface area contributed by atoms with Crippen LogP contribution in [0.3, 0.4) is 0 Å². The molecule has 0 aliphatic heterocycles. The Bertz CT molecular complexity index is 55.5. The van der Waals surface area contributed by atoms with Crippen LogP contribution in [0.5, 0.6) is 0 Å². The van der Waals surface area contributed by atoms with Crippen LogP contribution in [-0.2, 0) is 25.3 Å². The summed E-state index contributed by atoms with van der Waals surface area (Å²) in [4.78, 5) is 0. The van der Waals surface area contributed by atoms with Gasteiger partial charge in [0.1, 0.15) is 0 Å². The summed E-state index contributed by atoms with van der Waals surface area (Å²) in [6.07, 6.45) is 0. The molecule has 0 aromatic rings. The number of nitrogens with two attached hydrogens (primary N) is 1. The normalized spacial score (nSPS) is 14.3. The van der Waals surface area contributed by atoms with Crippen molar-refractivity contribution in [1.29, 1.82) is 0 Å². The van der Waals surface area contributed by atoms with Crippen LogP contribution in [0, 0.1) is 0 Å². The molecule has 0 amide bonds. The fourth-order valence-corrected chi connectivity index (χ4v) is 0.637. The van der Waals surface area contributed by atoms with Crippen molar-refractivity contribution in [1.82, 2.24) is 0 Å². The molecule has 0 radical (unpaired) electrons. The molecule has 6 heavy (non-hydrogen) atoms. The third-order valence-corrected chi connectivity index (χ3v) is 0.991. The van der Waals surface area contributed by atoms with Gasteiger partial charge >= 0.3 is 0 Å². The van der Waals surface area contributed by atoms with Gasteiger partial charge < -0.3 is 4.18 Å². The van der Waals surface area contributed by atoms with E-state index in [-0.39, 0.29) is 0 Å². The smallest absolute Gasteiger partial charge is 0.0779 e. The fourth-order valence-electron chi connectivity index (χ4n) is 0.116. The van der Waals surface area contributed by atoms with Gasteiger partial charge in [-0.15, -0.1) is 0 Å². The second kappa shape index (κ2) is 3.67. The van der Waals surface area contributed by atoms with E-state index in [4.69, 9.17) is 5.14 Å². The van der Waals surface area contributed by atoms with Crippen molar-refractivity contribution in [3.8, 4) is 0 Å². The van der Waals surface area contributed by atoms with Crippen molar-refractivity contribution < 1.29 is 4.18 Å². The van der Waals surface area contributed by atoms with E-state index in [9.17, 15) is 0 Å².